The lowest BCUT2D eigenvalue weighted by molar-refractivity contribution is -0.0434. The number of benzene rings is 1. The molecule has 0 aliphatic rings. The van der Waals surface area contributed by atoms with E-state index in [4.69, 9.17) is 0 Å². The molecule has 2 nitrogen and oxygen atoms in total. The largest absolute Gasteiger partial charge is 0.390 e. The molecule has 1 aromatic rings. The topological polar surface area (TPSA) is 40.5 Å². The van der Waals surface area contributed by atoms with Crippen LogP contribution in [0.3, 0.4) is 0 Å². The Morgan fingerprint density at radius 3 is 1.89 bits per heavy atom. The lowest BCUT2D eigenvalue weighted by Crippen LogP contribution is -2.38. The van der Waals surface area contributed by atoms with Gasteiger partial charge in [0.25, 0.3) is 0 Å². The first kappa shape index (κ1) is 15.2. The third-order valence-electron chi connectivity index (χ3n) is 3.34. The molecule has 1 aromatic carbocycles. The van der Waals surface area contributed by atoms with Gasteiger partial charge in [-0.2, -0.15) is 0 Å². The van der Waals surface area contributed by atoms with Crippen LogP contribution in [-0.2, 0) is 6.42 Å². The van der Waals surface area contributed by atoms with E-state index in [1.165, 1.54) is 5.56 Å². The average Bonchev–Trinajstić information content (AvgIpc) is 2.27. The monoisotopic (exact) mass is 250 g/mol. The molecule has 0 amide bonds. The molecule has 0 aliphatic heterocycles. The maximum atomic E-state index is 10.0. The minimum atomic E-state index is -0.713. The molecule has 0 radical (unpaired) electrons. The third kappa shape index (κ3) is 4.11. The highest BCUT2D eigenvalue weighted by atomic mass is 16.3. The molecule has 0 saturated carbocycles. The lowest BCUT2D eigenvalue weighted by atomic mass is 9.84. The molecule has 0 spiro atoms. The van der Waals surface area contributed by atoms with E-state index in [0.29, 0.717) is 12.3 Å². The summed E-state index contributed by atoms with van der Waals surface area (Å²) < 4.78 is 0. The summed E-state index contributed by atoms with van der Waals surface area (Å²) in [5.74, 6) is 0.518. The number of rotatable bonds is 4. The molecule has 0 fully saturated rings. The molecule has 0 bridgehead atoms. The van der Waals surface area contributed by atoms with E-state index >= 15 is 0 Å². The Balaban J connectivity index is 2.68. The van der Waals surface area contributed by atoms with E-state index in [1.807, 2.05) is 32.9 Å². The van der Waals surface area contributed by atoms with Crippen LogP contribution in [0.1, 0.15) is 51.7 Å². The highest BCUT2D eigenvalue weighted by molar-refractivity contribution is 5.25. The van der Waals surface area contributed by atoms with E-state index in [1.54, 1.807) is 0 Å². The molecule has 2 atom stereocenters. The molecule has 1 rings (SSSR count). The van der Waals surface area contributed by atoms with Crippen LogP contribution in [0.2, 0.25) is 0 Å². The molecule has 18 heavy (non-hydrogen) atoms. The van der Waals surface area contributed by atoms with Gasteiger partial charge in [-0.25, -0.2) is 0 Å². The van der Waals surface area contributed by atoms with Crippen molar-refractivity contribution in [2.75, 3.05) is 0 Å². The molecule has 0 heterocycles. The Kier molecular flexibility index (Phi) is 4.94. The van der Waals surface area contributed by atoms with Gasteiger partial charge in [-0.05, 0) is 22.5 Å². The van der Waals surface area contributed by atoms with Gasteiger partial charge in [-0.15, -0.1) is 0 Å². The minimum absolute atomic E-state index is 0.294. The van der Waals surface area contributed by atoms with E-state index in [2.05, 4.69) is 26.0 Å². The number of hydrogen-bond acceptors (Lipinski definition) is 2. The molecule has 0 aliphatic carbocycles. The SMILES string of the molecule is CC(C)c1ccc(CC(O)C(O)C(C)(C)C)cc1. The summed E-state index contributed by atoms with van der Waals surface area (Å²) in [6, 6.07) is 8.26. The van der Waals surface area contributed by atoms with Crippen LogP contribution in [-0.4, -0.2) is 22.4 Å². The quantitative estimate of drug-likeness (QED) is 0.862. The Morgan fingerprint density at radius 1 is 1.00 bits per heavy atom. The zero-order valence-electron chi connectivity index (χ0n) is 12.1. The zero-order chi connectivity index (χ0) is 13.9. The van der Waals surface area contributed by atoms with Crippen LogP contribution in [0.15, 0.2) is 24.3 Å². The van der Waals surface area contributed by atoms with Gasteiger partial charge in [0.2, 0.25) is 0 Å². The number of hydrogen-bond donors (Lipinski definition) is 2. The van der Waals surface area contributed by atoms with E-state index in [-0.39, 0.29) is 5.41 Å². The molecule has 0 aromatic heterocycles. The van der Waals surface area contributed by atoms with Crippen molar-refractivity contribution in [1.29, 1.82) is 0 Å². The van der Waals surface area contributed by atoms with E-state index in [0.717, 1.165) is 5.56 Å². The fourth-order valence-electron chi connectivity index (χ4n) is 1.97. The van der Waals surface area contributed by atoms with Gasteiger partial charge in [0.1, 0.15) is 0 Å². The maximum Gasteiger partial charge on any atom is 0.0850 e. The van der Waals surface area contributed by atoms with Crippen molar-refractivity contribution in [3.63, 3.8) is 0 Å². The van der Waals surface area contributed by atoms with Crippen LogP contribution in [0.25, 0.3) is 0 Å². The highest BCUT2D eigenvalue weighted by Crippen LogP contribution is 2.24. The normalized spacial score (nSPS) is 15.8. The summed E-state index contributed by atoms with van der Waals surface area (Å²) in [5, 5.41) is 20.0. The van der Waals surface area contributed by atoms with Crippen LogP contribution in [0.5, 0.6) is 0 Å². The van der Waals surface area contributed by atoms with Gasteiger partial charge in [0.05, 0.1) is 12.2 Å². The minimum Gasteiger partial charge on any atom is -0.390 e. The first-order valence-corrected chi connectivity index (χ1v) is 6.66. The van der Waals surface area contributed by atoms with Gasteiger partial charge in [-0.1, -0.05) is 58.9 Å². The van der Waals surface area contributed by atoms with Crippen molar-refractivity contribution >= 4 is 0 Å². The Hall–Kier alpha value is -0.860. The van der Waals surface area contributed by atoms with E-state index < -0.39 is 12.2 Å². The average molecular weight is 250 g/mol. The lowest BCUT2D eigenvalue weighted by Gasteiger charge is -2.30. The molecule has 2 heteroatoms. The summed E-state index contributed by atoms with van der Waals surface area (Å²) in [4.78, 5) is 0. The molecule has 102 valence electrons. The van der Waals surface area contributed by atoms with Gasteiger partial charge >= 0.3 is 0 Å². The second-order valence-corrected chi connectivity index (χ2v) is 6.48. The molecular weight excluding hydrogens is 224 g/mol. The highest BCUT2D eigenvalue weighted by Gasteiger charge is 2.28. The Morgan fingerprint density at radius 2 is 1.50 bits per heavy atom. The van der Waals surface area contributed by atoms with Crippen molar-refractivity contribution in [2.24, 2.45) is 5.41 Å². The summed E-state index contributed by atoms with van der Waals surface area (Å²) in [6.45, 7) is 10.1. The predicted molar refractivity (Wildman–Crippen MR) is 75.7 cm³/mol. The Labute approximate surface area is 111 Å². The summed E-state index contributed by atoms with van der Waals surface area (Å²) >= 11 is 0. The molecular formula is C16H26O2. The maximum absolute atomic E-state index is 10.0. The number of aliphatic hydroxyl groups excluding tert-OH is 2. The first-order chi connectivity index (χ1) is 8.21. The molecule has 2 unspecified atom stereocenters. The van der Waals surface area contributed by atoms with Crippen LogP contribution in [0.4, 0.5) is 0 Å². The van der Waals surface area contributed by atoms with Gasteiger partial charge in [0.15, 0.2) is 0 Å². The van der Waals surface area contributed by atoms with Crippen molar-refractivity contribution in [3.05, 3.63) is 35.4 Å². The molecule has 2 N–H and O–H groups in total. The standard InChI is InChI=1S/C16H26O2/c1-11(2)13-8-6-12(7-9-13)10-14(17)15(18)16(3,4)5/h6-9,11,14-15,17-18H,10H2,1-5H3. The zero-order valence-corrected chi connectivity index (χ0v) is 12.1. The van der Waals surface area contributed by atoms with Gasteiger partial charge in [0, 0.05) is 6.42 Å². The Bertz CT molecular complexity index is 360. The second kappa shape index (κ2) is 5.85. The van der Waals surface area contributed by atoms with Gasteiger partial charge in [-0.3, -0.25) is 0 Å². The van der Waals surface area contributed by atoms with Crippen LogP contribution >= 0.6 is 0 Å². The number of aliphatic hydroxyl groups is 2. The smallest absolute Gasteiger partial charge is 0.0850 e. The van der Waals surface area contributed by atoms with Crippen molar-refractivity contribution in [2.45, 2.75) is 59.2 Å². The first-order valence-electron chi connectivity index (χ1n) is 6.66. The second-order valence-electron chi connectivity index (χ2n) is 6.48. The summed E-state index contributed by atoms with van der Waals surface area (Å²) in [7, 11) is 0. The van der Waals surface area contributed by atoms with Crippen molar-refractivity contribution in [1.82, 2.24) is 0 Å². The predicted octanol–water partition coefficient (Wildman–Crippen LogP) is 3.12. The van der Waals surface area contributed by atoms with Gasteiger partial charge < -0.3 is 10.2 Å². The fraction of sp³-hybridized carbons (Fsp3) is 0.625. The third-order valence-corrected chi connectivity index (χ3v) is 3.34. The molecule has 0 saturated heterocycles. The van der Waals surface area contributed by atoms with E-state index in [9.17, 15) is 10.2 Å². The van der Waals surface area contributed by atoms with Crippen LogP contribution in [0, 0.1) is 5.41 Å². The van der Waals surface area contributed by atoms with Crippen molar-refractivity contribution < 1.29 is 10.2 Å². The van der Waals surface area contributed by atoms with Crippen LogP contribution < -0.4 is 0 Å². The van der Waals surface area contributed by atoms with Crippen molar-refractivity contribution in [3.8, 4) is 0 Å². The summed E-state index contributed by atoms with van der Waals surface area (Å²) in [6.07, 6.45) is -0.922. The fourth-order valence-corrected chi connectivity index (χ4v) is 1.97. The summed E-state index contributed by atoms with van der Waals surface area (Å²) in [5.41, 5.74) is 2.07.